The third-order valence-electron chi connectivity index (χ3n) is 2.92. The number of rotatable bonds is 5. The Labute approximate surface area is 115 Å². The molecule has 0 spiro atoms. The number of para-hydroxylation sites is 1. The number of ether oxygens (including phenoxy) is 1. The van der Waals surface area contributed by atoms with Gasteiger partial charge in [0, 0.05) is 16.3 Å². The summed E-state index contributed by atoms with van der Waals surface area (Å²) in [7, 11) is 0.564. The zero-order valence-electron chi connectivity index (χ0n) is 10.8. The van der Waals surface area contributed by atoms with Gasteiger partial charge in [0.15, 0.2) is 0 Å². The van der Waals surface area contributed by atoms with Crippen LogP contribution in [0.25, 0.3) is 0 Å². The largest absolute Gasteiger partial charge is 0.497 e. The zero-order valence-corrected chi connectivity index (χ0v) is 11.7. The molecule has 0 radical (unpaired) electrons. The quantitative estimate of drug-likeness (QED) is 0.853. The first kappa shape index (κ1) is 13.6. The summed E-state index contributed by atoms with van der Waals surface area (Å²) in [6, 6.07) is 15.0. The molecular formula is C15H17NO2S. The minimum atomic E-state index is -1.04. The van der Waals surface area contributed by atoms with E-state index in [2.05, 4.69) is 0 Å². The zero-order chi connectivity index (χ0) is 13.7. The fourth-order valence-corrected chi connectivity index (χ4v) is 2.94. The average molecular weight is 275 g/mol. The molecule has 0 saturated heterocycles. The first-order valence-corrected chi connectivity index (χ1v) is 7.38. The third-order valence-corrected chi connectivity index (χ3v) is 4.27. The van der Waals surface area contributed by atoms with E-state index < -0.39 is 10.8 Å². The van der Waals surface area contributed by atoms with Crippen molar-refractivity contribution in [3.05, 3.63) is 54.1 Å². The Morgan fingerprint density at radius 1 is 1.16 bits per heavy atom. The minimum absolute atomic E-state index is 0.557. The van der Waals surface area contributed by atoms with Crippen molar-refractivity contribution in [2.24, 2.45) is 0 Å². The fourth-order valence-electron chi connectivity index (χ4n) is 1.83. The molecule has 0 aliphatic carbocycles. The molecule has 0 aromatic heterocycles. The van der Waals surface area contributed by atoms with Gasteiger partial charge in [-0.15, -0.1) is 0 Å². The van der Waals surface area contributed by atoms with Gasteiger partial charge in [-0.2, -0.15) is 0 Å². The fraction of sp³-hybridized carbons (Fsp3) is 0.200. The Kier molecular flexibility index (Phi) is 4.58. The van der Waals surface area contributed by atoms with E-state index in [9.17, 15) is 4.21 Å². The summed E-state index contributed by atoms with van der Waals surface area (Å²) < 4.78 is 17.3. The number of methoxy groups -OCH3 is 1. The highest BCUT2D eigenvalue weighted by atomic mass is 32.2. The number of aryl methyl sites for hydroxylation is 1. The molecule has 2 aromatic carbocycles. The minimum Gasteiger partial charge on any atom is -0.497 e. The molecule has 0 amide bonds. The summed E-state index contributed by atoms with van der Waals surface area (Å²) in [5, 5.41) is 0. The number of hydrogen-bond acceptors (Lipinski definition) is 3. The molecule has 2 rings (SSSR count). The van der Waals surface area contributed by atoms with E-state index in [1.54, 1.807) is 7.11 Å². The van der Waals surface area contributed by atoms with Gasteiger partial charge in [0.25, 0.3) is 0 Å². The summed E-state index contributed by atoms with van der Waals surface area (Å²) in [4.78, 5) is 0.786. The summed E-state index contributed by atoms with van der Waals surface area (Å²) in [5.41, 5.74) is 7.67. The first-order chi connectivity index (χ1) is 9.20. The maximum absolute atomic E-state index is 12.2. The lowest BCUT2D eigenvalue weighted by Gasteiger charge is -2.06. The van der Waals surface area contributed by atoms with E-state index in [1.807, 2.05) is 48.5 Å². The van der Waals surface area contributed by atoms with Crippen LogP contribution < -0.4 is 10.5 Å². The predicted octanol–water partition coefficient (Wildman–Crippen LogP) is 2.63. The predicted molar refractivity (Wildman–Crippen MR) is 78.8 cm³/mol. The van der Waals surface area contributed by atoms with Gasteiger partial charge in [0.05, 0.1) is 17.9 Å². The highest BCUT2D eigenvalue weighted by molar-refractivity contribution is 7.85. The van der Waals surface area contributed by atoms with E-state index in [-0.39, 0.29) is 0 Å². The standard InChI is InChI=1S/C15H17NO2S/c1-18-13-6-4-7-14(11-13)19(17)10-9-12-5-2-3-8-15(12)16/h2-8,11H,9-10,16H2,1H3. The van der Waals surface area contributed by atoms with Gasteiger partial charge in [0.1, 0.15) is 5.75 Å². The van der Waals surface area contributed by atoms with E-state index in [4.69, 9.17) is 10.5 Å². The van der Waals surface area contributed by atoms with Crippen molar-refractivity contribution in [2.45, 2.75) is 11.3 Å². The lowest BCUT2D eigenvalue weighted by molar-refractivity contribution is 0.413. The maximum atomic E-state index is 12.2. The van der Waals surface area contributed by atoms with Crippen LogP contribution in [0.2, 0.25) is 0 Å². The molecule has 0 aliphatic heterocycles. The molecule has 1 unspecified atom stereocenters. The van der Waals surface area contributed by atoms with Crippen molar-refractivity contribution in [2.75, 3.05) is 18.6 Å². The molecule has 3 nitrogen and oxygen atoms in total. The lowest BCUT2D eigenvalue weighted by atomic mass is 10.1. The van der Waals surface area contributed by atoms with Crippen molar-refractivity contribution in [1.29, 1.82) is 0 Å². The van der Waals surface area contributed by atoms with Gasteiger partial charge in [0.2, 0.25) is 0 Å². The van der Waals surface area contributed by atoms with Crippen LogP contribution >= 0.6 is 0 Å². The number of benzene rings is 2. The monoisotopic (exact) mass is 275 g/mol. The number of anilines is 1. The van der Waals surface area contributed by atoms with Gasteiger partial charge in [-0.1, -0.05) is 24.3 Å². The van der Waals surface area contributed by atoms with Gasteiger partial charge in [-0.3, -0.25) is 4.21 Å². The van der Waals surface area contributed by atoms with Crippen LogP contribution in [0.4, 0.5) is 5.69 Å². The van der Waals surface area contributed by atoms with Crippen LogP contribution in [0, 0.1) is 0 Å². The van der Waals surface area contributed by atoms with Crippen molar-refractivity contribution in [3.63, 3.8) is 0 Å². The lowest BCUT2D eigenvalue weighted by Crippen LogP contribution is -2.04. The second kappa shape index (κ2) is 6.38. The molecule has 0 heterocycles. The second-order valence-electron chi connectivity index (χ2n) is 4.18. The van der Waals surface area contributed by atoms with Gasteiger partial charge in [-0.25, -0.2) is 0 Å². The van der Waals surface area contributed by atoms with Crippen molar-refractivity contribution in [3.8, 4) is 5.75 Å². The van der Waals surface area contributed by atoms with Gasteiger partial charge < -0.3 is 10.5 Å². The van der Waals surface area contributed by atoms with E-state index >= 15 is 0 Å². The van der Waals surface area contributed by atoms with Crippen molar-refractivity contribution >= 4 is 16.5 Å². The highest BCUT2D eigenvalue weighted by Crippen LogP contribution is 2.17. The van der Waals surface area contributed by atoms with Crippen LogP contribution in [0.1, 0.15) is 5.56 Å². The van der Waals surface area contributed by atoms with Crippen LogP contribution in [0.15, 0.2) is 53.4 Å². The van der Waals surface area contributed by atoms with E-state index in [0.717, 1.165) is 21.9 Å². The van der Waals surface area contributed by atoms with Crippen molar-refractivity contribution in [1.82, 2.24) is 0 Å². The van der Waals surface area contributed by atoms with Crippen LogP contribution in [0.3, 0.4) is 0 Å². The van der Waals surface area contributed by atoms with Crippen LogP contribution in [0.5, 0.6) is 5.75 Å². The summed E-state index contributed by atoms with van der Waals surface area (Å²) in [6.45, 7) is 0. The molecular weight excluding hydrogens is 258 g/mol. The molecule has 100 valence electrons. The molecule has 4 heteroatoms. The number of nitrogen functional groups attached to an aromatic ring is 1. The molecule has 0 bridgehead atoms. The Hall–Kier alpha value is -1.81. The normalized spacial score (nSPS) is 12.1. The number of nitrogens with two attached hydrogens (primary N) is 1. The second-order valence-corrected chi connectivity index (χ2v) is 5.75. The molecule has 19 heavy (non-hydrogen) atoms. The molecule has 2 N–H and O–H groups in total. The van der Waals surface area contributed by atoms with E-state index in [1.165, 1.54) is 0 Å². The maximum Gasteiger partial charge on any atom is 0.120 e. The third kappa shape index (κ3) is 3.58. The average Bonchev–Trinajstić information content (AvgIpc) is 2.46. The molecule has 0 saturated carbocycles. The Morgan fingerprint density at radius 2 is 1.95 bits per heavy atom. The van der Waals surface area contributed by atoms with Crippen LogP contribution in [-0.2, 0) is 17.2 Å². The Balaban J connectivity index is 2.03. The smallest absolute Gasteiger partial charge is 0.120 e. The molecule has 0 aliphatic rings. The summed E-state index contributed by atoms with van der Waals surface area (Å²) >= 11 is 0. The summed E-state index contributed by atoms with van der Waals surface area (Å²) in [6.07, 6.45) is 0.705. The Bertz CT molecular complexity index is 584. The van der Waals surface area contributed by atoms with Crippen molar-refractivity contribution < 1.29 is 8.95 Å². The van der Waals surface area contributed by atoms with Gasteiger partial charge in [-0.05, 0) is 36.2 Å². The Morgan fingerprint density at radius 3 is 2.68 bits per heavy atom. The summed E-state index contributed by atoms with van der Waals surface area (Å²) in [5.74, 6) is 1.28. The molecule has 0 fully saturated rings. The van der Waals surface area contributed by atoms with Gasteiger partial charge >= 0.3 is 0 Å². The molecule has 2 aromatic rings. The van der Waals surface area contributed by atoms with E-state index in [0.29, 0.717) is 12.2 Å². The first-order valence-electron chi connectivity index (χ1n) is 6.06. The van der Waals surface area contributed by atoms with Crippen LogP contribution in [-0.4, -0.2) is 17.1 Å². The SMILES string of the molecule is COc1cccc(S(=O)CCc2ccccc2N)c1. The highest BCUT2D eigenvalue weighted by Gasteiger charge is 2.06. The number of hydrogen-bond donors (Lipinski definition) is 1. The topological polar surface area (TPSA) is 52.3 Å². The molecule has 1 atom stereocenters.